The van der Waals surface area contributed by atoms with Crippen molar-refractivity contribution in [3.05, 3.63) is 29.6 Å². The van der Waals surface area contributed by atoms with Crippen LogP contribution in [0, 0.1) is 5.82 Å². The van der Waals surface area contributed by atoms with Gasteiger partial charge in [0.15, 0.2) is 11.6 Å². The van der Waals surface area contributed by atoms with Gasteiger partial charge in [0.05, 0.1) is 6.61 Å². The quantitative estimate of drug-likeness (QED) is 0.876. The van der Waals surface area contributed by atoms with Crippen LogP contribution in [0.3, 0.4) is 0 Å². The molecule has 0 aromatic heterocycles. The summed E-state index contributed by atoms with van der Waals surface area (Å²) in [6.07, 6.45) is 4.21. The maximum Gasteiger partial charge on any atom is 0.165 e. The molecule has 2 rings (SSSR count). The second-order valence-electron chi connectivity index (χ2n) is 4.73. The molecule has 1 aromatic carbocycles. The Hall–Kier alpha value is -1.09. The fourth-order valence-corrected chi connectivity index (χ4v) is 2.50. The highest BCUT2D eigenvalue weighted by Crippen LogP contribution is 2.33. The Balaban J connectivity index is 2.09. The lowest BCUT2D eigenvalue weighted by Gasteiger charge is -2.26. The molecule has 1 aromatic rings. The van der Waals surface area contributed by atoms with E-state index in [2.05, 4.69) is 0 Å². The van der Waals surface area contributed by atoms with E-state index in [0.29, 0.717) is 24.3 Å². The third-order valence-corrected chi connectivity index (χ3v) is 3.50. The average molecular weight is 237 g/mol. The molecule has 94 valence electrons. The van der Waals surface area contributed by atoms with E-state index in [1.54, 1.807) is 12.1 Å². The number of ether oxygens (including phenoxy) is 1. The molecule has 0 heterocycles. The van der Waals surface area contributed by atoms with Gasteiger partial charge in [0, 0.05) is 6.04 Å². The molecule has 1 fully saturated rings. The van der Waals surface area contributed by atoms with Gasteiger partial charge in [-0.1, -0.05) is 6.07 Å². The summed E-state index contributed by atoms with van der Waals surface area (Å²) < 4.78 is 18.9. The Morgan fingerprint density at radius 3 is 2.59 bits per heavy atom. The van der Waals surface area contributed by atoms with Crippen LogP contribution in [-0.2, 0) is 0 Å². The number of nitrogens with two attached hydrogens (primary N) is 1. The van der Waals surface area contributed by atoms with Crippen molar-refractivity contribution in [1.82, 2.24) is 0 Å². The highest BCUT2D eigenvalue weighted by molar-refractivity contribution is 5.31. The number of benzene rings is 1. The van der Waals surface area contributed by atoms with Crippen LogP contribution in [0.2, 0.25) is 0 Å². The first kappa shape index (κ1) is 12.4. The summed E-state index contributed by atoms with van der Waals surface area (Å²) in [7, 11) is 0. The molecule has 1 aliphatic carbocycles. The smallest absolute Gasteiger partial charge is 0.165 e. The maximum absolute atomic E-state index is 13.7. The van der Waals surface area contributed by atoms with Crippen molar-refractivity contribution in [3.63, 3.8) is 0 Å². The fraction of sp³-hybridized carbons (Fsp3) is 0.571. The number of halogens is 1. The zero-order valence-electron chi connectivity index (χ0n) is 10.3. The van der Waals surface area contributed by atoms with Gasteiger partial charge in [-0.05, 0) is 56.2 Å². The molecule has 17 heavy (non-hydrogen) atoms. The van der Waals surface area contributed by atoms with Crippen LogP contribution in [0.15, 0.2) is 18.2 Å². The summed E-state index contributed by atoms with van der Waals surface area (Å²) in [5.74, 6) is 0.558. The van der Waals surface area contributed by atoms with Gasteiger partial charge >= 0.3 is 0 Å². The Bertz CT molecular complexity index is 372. The van der Waals surface area contributed by atoms with Crippen molar-refractivity contribution in [1.29, 1.82) is 0 Å². The third-order valence-electron chi connectivity index (χ3n) is 3.50. The average Bonchev–Trinajstić information content (AvgIpc) is 2.33. The zero-order chi connectivity index (χ0) is 12.3. The summed E-state index contributed by atoms with van der Waals surface area (Å²) in [5.41, 5.74) is 6.96. The minimum Gasteiger partial charge on any atom is -0.491 e. The molecular formula is C14H20FNO. The summed E-state index contributed by atoms with van der Waals surface area (Å²) in [5, 5.41) is 0. The number of hydrogen-bond donors (Lipinski definition) is 1. The van der Waals surface area contributed by atoms with E-state index < -0.39 is 0 Å². The van der Waals surface area contributed by atoms with E-state index in [9.17, 15) is 4.39 Å². The van der Waals surface area contributed by atoms with Crippen LogP contribution in [0.4, 0.5) is 4.39 Å². The van der Waals surface area contributed by atoms with E-state index in [1.165, 1.54) is 0 Å². The van der Waals surface area contributed by atoms with Crippen LogP contribution in [0.1, 0.15) is 44.1 Å². The van der Waals surface area contributed by atoms with Crippen molar-refractivity contribution in [2.75, 3.05) is 6.61 Å². The largest absolute Gasteiger partial charge is 0.491 e. The first-order valence-electron chi connectivity index (χ1n) is 6.38. The minimum absolute atomic E-state index is 0.251. The zero-order valence-corrected chi connectivity index (χ0v) is 10.3. The SMILES string of the molecule is CCOc1ccc(C2CCC(N)CC2)cc1F. The normalized spacial score (nSPS) is 24.6. The van der Waals surface area contributed by atoms with Crippen molar-refractivity contribution in [2.24, 2.45) is 5.73 Å². The Kier molecular flexibility index (Phi) is 4.00. The molecule has 0 atom stereocenters. The Morgan fingerprint density at radius 2 is 2.00 bits per heavy atom. The van der Waals surface area contributed by atoms with Crippen LogP contribution < -0.4 is 10.5 Å². The number of rotatable bonds is 3. The Labute approximate surface area is 102 Å². The highest BCUT2D eigenvalue weighted by Gasteiger charge is 2.20. The molecule has 0 bridgehead atoms. The Morgan fingerprint density at radius 1 is 1.29 bits per heavy atom. The van der Waals surface area contributed by atoms with Gasteiger partial charge < -0.3 is 10.5 Å². The molecule has 0 radical (unpaired) electrons. The molecule has 1 aliphatic rings. The molecular weight excluding hydrogens is 217 g/mol. The fourth-order valence-electron chi connectivity index (χ4n) is 2.50. The highest BCUT2D eigenvalue weighted by atomic mass is 19.1. The van der Waals surface area contributed by atoms with Gasteiger partial charge in [-0.3, -0.25) is 0 Å². The molecule has 0 unspecified atom stereocenters. The van der Waals surface area contributed by atoms with Gasteiger partial charge in [-0.25, -0.2) is 4.39 Å². The van der Waals surface area contributed by atoms with Crippen LogP contribution in [-0.4, -0.2) is 12.6 Å². The molecule has 3 heteroatoms. The first-order chi connectivity index (χ1) is 8.20. The van der Waals surface area contributed by atoms with Crippen LogP contribution in [0.5, 0.6) is 5.75 Å². The lowest BCUT2D eigenvalue weighted by Crippen LogP contribution is -2.25. The molecule has 0 spiro atoms. The van der Waals surface area contributed by atoms with E-state index in [0.717, 1.165) is 31.2 Å². The van der Waals surface area contributed by atoms with E-state index in [1.807, 2.05) is 13.0 Å². The van der Waals surface area contributed by atoms with E-state index in [4.69, 9.17) is 10.5 Å². The van der Waals surface area contributed by atoms with Crippen molar-refractivity contribution in [2.45, 2.75) is 44.6 Å². The van der Waals surface area contributed by atoms with Gasteiger partial charge in [0.1, 0.15) is 0 Å². The van der Waals surface area contributed by atoms with E-state index >= 15 is 0 Å². The molecule has 0 amide bonds. The summed E-state index contributed by atoms with van der Waals surface area (Å²) in [6.45, 7) is 2.35. The predicted molar refractivity (Wildman–Crippen MR) is 66.8 cm³/mol. The predicted octanol–water partition coefficient (Wildman–Crippen LogP) is 3.21. The summed E-state index contributed by atoms with van der Waals surface area (Å²) in [4.78, 5) is 0. The summed E-state index contributed by atoms with van der Waals surface area (Å²) in [6, 6.07) is 5.67. The molecule has 0 saturated heterocycles. The monoisotopic (exact) mass is 237 g/mol. The number of hydrogen-bond acceptors (Lipinski definition) is 2. The minimum atomic E-state index is -0.251. The molecule has 1 saturated carbocycles. The van der Waals surface area contributed by atoms with Crippen LogP contribution in [0.25, 0.3) is 0 Å². The van der Waals surface area contributed by atoms with Gasteiger partial charge in [0.2, 0.25) is 0 Å². The standard InChI is InChI=1S/C14H20FNO/c1-2-17-14-8-5-11(9-13(14)15)10-3-6-12(16)7-4-10/h5,8-10,12H,2-4,6-7,16H2,1H3. The lowest BCUT2D eigenvalue weighted by atomic mass is 9.82. The third kappa shape index (κ3) is 2.97. The van der Waals surface area contributed by atoms with Gasteiger partial charge in [-0.15, -0.1) is 0 Å². The van der Waals surface area contributed by atoms with Gasteiger partial charge in [0.25, 0.3) is 0 Å². The second kappa shape index (κ2) is 5.50. The molecule has 0 aliphatic heterocycles. The lowest BCUT2D eigenvalue weighted by molar-refractivity contribution is 0.320. The first-order valence-corrected chi connectivity index (χ1v) is 6.38. The maximum atomic E-state index is 13.7. The topological polar surface area (TPSA) is 35.2 Å². The van der Waals surface area contributed by atoms with Crippen LogP contribution >= 0.6 is 0 Å². The van der Waals surface area contributed by atoms with E-state index in [-0.39, 0.29) is 5.82 Å². The molecule has 2 nitrogen and oxygen atoms in total. The summed E-state index contributed by atoms with van der Waals surface area (Å²) >= 11 is 0. The second-order valence-corrected chi connectivity index (χ2v) is 4.73. The molecule has 2 N–H and O–H groups in total. The van der Waals surface area contributed by atoms with Crippen molar-refractivity contribution >= 4 is 0 Å². The van der Waals surface area contributed by atoms with Crippen molar-refractivity contribution < 1.29 is 9.13 Å². The van der Waals surface area contributed by atoms with Crippen molar-refractivity contribution in [3.8, 4) is 5.75 Å². The van der Waals surface area contributed by atoms with Gasteiger partial charge in [-0.2, -0.15) is 0 Å².